The van der Waals surface area contributed by atoms with Gasteiger partial charge in [0.2, 0.25) is 5.91 Å². The fourth-order valence-electron chi connectivity index (χ4n) is 2.23. The molecule has 0 unspecified atom stereocenters. The van der Waals surface area contributed by atoms with Crippen LogP contribution in [0, 0.1) is 0 Å². The molecule has 0 aromatic heterocycles. The van der Waals surface area contributed by atoms with Crippen molar-refractivity contribution < 1.29 is 4.79 Å². The normalized spacial score (nSPS) is 16.9. The van der Waals surface area contributed by atoms with E-state index < -0.39 is 0 Å². The lowest BCUT2D eigenvalue weighted by Crippen LogP contribution is -2.47. The number of carbonyl (C=O) groups excluding carboxylic acids is 1. The van der Waals surface area contributed by atoms with Crippen molar-refractivity contribution in [1.82, 2.24) is 15.1 Å². The van der Waals surface area contributed by atoms with Gasteiger partial charge in [0.15, 0.2) is 0 Å². The van der Waals surface area contributed by atoms with Crippen molar-refractivity contribution in [3.8, 4) is 0 Å². The molecule has 1 aliphatic rings. The van der Waals surface area contributed by atoms with Gasteiger partial charge in [-0.3, -0.25) is 9.69 Å². The second-order valence-electron chi connectivity index (χ2n) is 5.21. The Morgan fingerprint density at radius 3 is 2.55 bits per heavy atom. The number of piperazine rings is 1. The zero-order valence-corrected chi connectivity index (χ0v) is 12.1. The Bertz CT molecular complexity index is 402. The van der Waals surface area contributed by atoms with Crippen molar-refractivity contribution in [2.24, 2.45) is 0 Å². The van der Waals surface area contributed by atoms with E-state index in [4.69, 9.17) is 0 Å². The predicted octanol–water partition coefficient (Wildman–Crippen LogP) is 0.462. The Kier molecular flexibility index (Phi) is 5.83. The lowest BCUT2D eigenvalue weighted by Gasteiger charge is -2.32. The van der Waals surface area contributed by atoms with Crippen molar-refractivity contribution in [2.45, 2.75) is 0 Å². The Labute approximate surface area is 120 Å². The molecule has 0 aliphatic carbocycles. The Balaban J connectivity index is 1.56. The molecule has 5 heteroatoms. The number of hydrogen-bond acceptors (Lipinski definition) is 4. The van der Waals surface area contributed by atoms with Gasteiger partial charge in [-0.15, -0.1) is 0 Å². The second-order valence-corrected chi connectivity index (χ2v) is 5.21. The molecule has 0 atom stereocenters. The molecule has 0 spiro atoms. The number of hydrogen-bond donors (Lipinski definition) is 2. The standard InChI is InChI=1S/C15H24N4O/c1-18-9-11-19(12-10-18)8-7-16-15(20)13-17-14-5-3-2-4-6-14/h2-6,17H,7-13H2,1H3,(H,16,20). The predicted molar refractivity (Wildman–Crippen MR) is 81.9 cm³/mol. The number of rotatable bonds is 6. The first-order valence-corrected chi connectivity index (χ1v) is 7.20. The van der Waals surface area contributed by atoms with Crippen LogP contribution >= 0.6 is 0 Å². The molecular formula is C15H24N4O. The molecule has 1 aromatic rings. The maximum absolute atomic E-state index is 11.7. The van der Waals surface area contributed by atoms with Gasteiger partial charge in [0, 0.05) is 45.0 Å². The summed E-state index contributed by atoms with van der Waals surface area (Å²) >= 11 is 0. The lowest BCUT2D eigenvalue weighted by molar-refractivity contribution is -0.119. The van der Waals surface area contributed by atoms with E-state index in [-0.39, 0.29) is 5.91 Å². The van der Waals surface area contributed by atoms with Crippen LogP contribution in [0.1, 0.15) is 0 Å². The van der Waals surface area contributed by atoms with Gasteiger partial charge in [0.1, 0.15) is 0 Å². The summed E-state index contributed by atoms with van der Waals surface area (Å²) in [5.41, 5.74) is 0.974. The Morgan fingerprint density at radius 2 is 1.85 bits per heavy atom. The summed E-state index contributed by atoms with van der Waals surface area (Å²) < 4.78 is 0. The second kappa shape index (κ2) is 7.87. The molecule has 1 heterocycles. The molecule has 1 amide bonds. The molecule has 20 heavy (non-hydrogen) atoms. The zero-order valence-electron chi connectivity index (χ0n) is 12.1. The van der Waals surface area contributed by atoms with Crippen LogP contribution in [0.4, 0.5) is 5.69 Å². The van der Waals surface area contributed by atoms with E-state index in [0.29, 0.717) is 6.54 Å². The summed E-state index contributed by atoms with van der Waals surface area (Å²) in [6.45, 7) is 6.40. The first kappa shape index (κ1) is 14.8. The molecule has 2 rings (SSSR count). The van der Waals surface area contributed by atoms with E-state index in [2.05, 4.69) is 27.5 Å². The maximum Gasteiger partial charge on any atom is 0.239 e. The van der Waals surface area contributed by atoms with E-state index in [1.54, 1.807) is 0 Å². The quantitative estimate of drug-likeness (QED) is 0.792. The molecule has 0 saturated carbocycles. The van der Waals surface area contributed by atoms with Gasteiger partial charge >= 0.3 is 0 Å². The van der Waals surface area contributed by atoms with Gasteiger partial charge in [-0.2, -0.15) is 0 Å². The number of likely N-dealkylation sites (N-methyl/N-ethyl adjacent to an activating group) is 1. The minimum atomic E-state index is 0.0444. The van der Waals surface area contributed by atoms with Crippen LogP contribution in [-0.2, 0) is 4.79 Å². The van der Waals surface area contributed by atoms with E-state index in [1.165, 1.54) is 0 Å². The number of benzene rings is 1. The summed E-state index contributed by atoms with van der Waals surface area (Å²) in [7, 11) is 2.15. The molecule has 1 aliphatic heterocycles. The minimum Gasteiger partial charge on any atom is -0.376 e. The summed E-state index contributed by atoms with van der Waals surface area (Å²) in [5.74, 6) is 0.0444. The topological polar surface area (TPSA) is 47.6 Å². The highest BCUT2D eigenvalue weighted by atomic mass is 16.1. The third kappa shape index (κ3) is 5.19. The molecular weight excluding hydrogens is 252 g/mol. The van der Waals surface area contributed by atoms with Crippen LogP contribution in [0.2, 0.25) is 0 Å². The SMILES string of the molecule is CN1CCN(CCNC(=O)CNc2ccccc2)CC1. The van der Waals surface area contributed by atoms with E-state index >= 15 is 0 Å². The number of nitrogens with zero attached hydrogens (tertiary/aromatic N) is 2. The highest BCUT2D eigenvalue weighted by Gasteiger charge is 2.13. The number of nitrogens with one attached hydrogen (secondary N) is 2. The third-order valence-corrected chi connectivity index (χ3v) is 3.57. The molecule has 0 radical (unpaired) electrons. The number of anilines is 1. The third-order valence-electron chi connectivity index (χ3n) is 3.57. The smallest absolute Gasteiger partial charge is 0.239 e. The van der Waals surface area contributed by atoms with Gasteiger partial charge in [0.25, 0.3) is 0 Å². The van der Waals surface area contributed by atoms with Gasteiger partial charge in [-0.1, -0.05) is 18.2 Å². The maximum atomic E-state index is 11.7. The molecule has 0 bridgehead atoms. The van der Waals surface area contributed by atoms with Gasteiger partial charge in [-0.05, 0) is 19.2 Å². The van der Waals surface area contributed by atoms with Crippen LogP contribution in [0.3, 0.4) is 0 Å². The molecule has 1 fully saturated rings. The van der Waals surface area contributed by atoms with E-state index in [0.717, 1.165) is 45.0 Å². The fourth-order valence-corrected chi connectivity index (χ4v) is 2.23. The van der Waals surface area contributed by atoms with Crippen molar-refractivity contribution in [3.63, 3.8) is 0 Å². The molecule has 110 valence electrons. The van der Waals surface area contributed by atoms with Crippen LogP contribution in [0.15, 0.2) is 30.3 Å². The highest BCUT2D eigenvalue weighted by molar-refractivity contribution is 5.80. The summed E-state index contributed by atoms with van der Waals surface area (Å²) in [4.78, 5) is 16.4. The summed E-state index contributed by atoms with van der Waals surface area (Å²) in [6, 6.07) is 9.78. The molecule has 1 aromatic carbocycles. The minimum absolute atomic E-state index is 0.0444. The Hall–Kier alpha value is -1.59. The van der Waals surface area contributed by atoms with Crippen LogP contribution in [-0.4, -0.2) is 68.6 Å². The highest BCUT2D eigenvalue weighted by Crippen LogP contribution is 2.03. The van der Waals surface area contributed by atoms with Gasteiger partial charge < -0.3 is 15.5 Å². The summed E-state index contributed by atoms with van der Waals surface area (Å²) in [5, 5.41) is 6.06. The monoisotopic (exact) mass is 276 g/mol. The van der Waals surface area contributed by atoms with E-state index in [9.17, 15) is 4.79 Å². The van der Waals surface area contributed by atoms with E-state index in [1.807, 2.05) is 30.3 Å². The average Bonchev–Trinajstić information content (AvgIpc) is 2.48. The Morgan fingerprint density at radius 1 is 1.15 bits per heavy atom. The van der Waals surface area contributed by atoms with Crippen LogP contribution < -0.4 is 10.6 Å². The largest absolute Gasteiger partial charge is 0.376 e. The molecule has 5 nitrogen and oxygen atoms in total. The van der Waals surface area contributed by atoms with Crippen LogP contribution in [0.5, 0.6) is 0 Å². The van der Waals surface area contributed by atoms with Gasteiger partial charge in [-0.25, -0.2) is 0 Å². The van der Waals surface area contributed by atoms with Crippen molar-refractivity contribution in [2.75, 3.05) is 58.2 Å². The number of para-hydroxylation sites is 1. The zero-order chi connectivity index (χ0) is 14.2. The number of carbonyl (C=O) groups is 1. The first-order chi connectivity index (χ1) is 9.74. The number of amides is 1. The summed E-state index contributed by atoms with van der Waals surface area (Å²) in [6.07, 6.45) is 0. The molecule has 1 saturated heterocycles. The lowest BCUT2D eigenvalue weighted by atomic mass is 10.3. The average molecular weight is 276 g/mol. The van der Waals surface area contributed by atoms with Gasteiger partial charge in [0.05, 0.1) is 6.54 Å². The van der Waals surface area contributed by atoms with Crippen LogP contribution in [0.25, 0.3) is 0 Å². The molecule has 2 N–H and O–H groups in total. The van der Waals surface area contributed by atoms with Crippen molar-refractivity contribution in [3.05, 3.63) is 30.3 Å². The fraction of sp³-hybridized carbons (Fsp3) is 0.533. The van der Waals surface area contributed by atoms with Crippen molar-refractivity contribution in [1.29, 1.82) is 0 Å². The first-order valence-electron chi connectivity index (χ1n) is 7.20. The van der Waals surface area contributed by atoms with Crippen molar-refractivity contribution >= 4 is 11.6 Å².